The number of Topliss-reactive ketones (excluding diaryl/α,β-unsaturated/α-hetero) is 1. The number of benzene rings is 3. The van der Waals surface area contributed by atoms with Gasteiger partial charge >= 0.3 is 12.1 Å². The lowest BCUT2D eigenvalue weighted by Gasteiger charge is -2.22. The second kappa shape index (κ2) is 11.1. The Hall–Kier alpha value is -3.14. The third-order valence-corrected chi connectivity index (χ3v) is 6.91. The van der Waals surface area contributed by atoms with Crippen molar-refractivity contribution >= 4 is 63.5 Å². The Bertz CT molecular complexity index is 1440. The molecule has 0 fully saturated rings. The van der Waals surface area contributed by atoms with Crippen molar-refractivity contribution in [1.29, 1.82) is 0 Å². The molecule has 0 aliphatic carbocycles. The van der Waals surface area contributed by atoms with Crippen LogP contribution in [0.15, 0.2) is 77.8 Å². The van der Waals surface area contributed by atoms with Gasteiger partial charge in [0, 0.05) is 44.3 Å². The number of halogens is 5. The predicted molar refractivity (Wildman–Crippen MR) is 140 cm³/mol. The number of hydrogen-bond donors (Lipinski definition) is 1. The number of rotatable bonds is 9. The van der Waals surface area contributed by atoms with E-state index in [1.807, 2.05) is 30.3 Å². The first kappa shape index (κ1) is 26.9. The van der Waals surface area contributed by atoms with Crippen LogP contribution in [0.1, 0.15) is 15.9 Å². The van der Waals surface area contributed by atoms with Crippen LogP contribution in [0.4, 0.5) is 18.9 Å². The second-order valence-electron chi connectivity index (χ2n) is 8.13. The smallest absolute Gasteiger partial charge is 0.454 e. The molecular weight excluding hydrogens is 548 g/mol. The summed E-state index contributed by atoms with van der Waals surface area (Å²) in [6.45, 7) is -0.128. The molecule has 4 rings (SSSR count). The molecule has 3 aromatic carbocycles. The molecule has 5 nitrogen and oxygen atoms in total. The highest BCUT2D eigenvalue weighted by Crippen LogP contribution is 2.36. The molecule has 4 aromatic rings. The molecule has 0 aliphatic rings. The Kier molecular flexibility index (Phi) is 8.06. The molecule has 0 bridgehead atoms. The molecule has 1 aromatic heterocycles. The third-order valence-electron chi connectivity index (χ3n) is 5.47. The molecule has 1 heterocycles. The molecule has 0 saturated heterocycles. The molecule has 0 amide bonds. The highest BCUT2D eigenvalue weighted by molar-refractivity contribution is 8.00. The van der Waals surface area contributed by atoms with Gasteiger partial charge in [-0.1, -0.05) is 53.5 Å². The predicted octanol–water partition coefficient (Wildman–Crippen LogP) is 7.53. The van der Waals surface area contributed by atoms with E-state index in [1.165, 1.54) is 22.6 Å². The van der Waals surface area contributed by atoms with E-state index in [0.717, 1.165) is 17.5 Å². The molecule has 0 spiro atoms. The number of aliphatic carboxylic acids is 1. The maximum Gasteiger partial charge on any atom is 0.454 e. The number of aromatic nitrogens is 1. The van der Waals surface area contributed by atoms with Gasteiger partial charge in [-0.2, -0.15) is 13.2 Å². The number of carbonyl (C=O) groups excluding carboxylic acids is 1. The van der Waals surface area contributed by atoms with E-state index in [-0.39, 0.29) is 5.39 Å². The van der Waals surface area contributed by atoms with Crippen LogP contribution in [0.2, 0.25) is 10.0 Å². The van der Waals surface area contributed by atoms with Crippen molar-refractivity contribution in [3.63, 3.8) is 0 Å². The Morgan fingerprint density at radius 2 is 1.65 bits per heavy atom. The summed E-state index contributed by atoms with van der Waals surface area (Å²) < 4.78 is 43.3. The van der Waals surface area contributed by atoms with Gasteiger partial charge in [0.2, 0.25) is 0 Å². The number of ketones is 1. The van der Waals surface area contributed by atoms with E-state index in [4.69, 9.17) is 23.2 Å². The molecule has 192 valence electrons. The van der Waals surface area contributed by atoms with Gasteiger partial charge in [-0.3, -0.25) is 9.59 Å². The monoisotopic (exact) mass is 566 g/mol. The van der Waals surface area contributed by atoms with Crippen LogP contribution < -0.4 is 4.31 Å². The van der Waals surface area contributed by atoms with Crippen LogP contribution in [0, 0.1) is 0 Å². The third kappa shape index (κ3) is 6.60. The number of aryl methyl sites for hydroxylation is 2. The fourth-order valence-electron chi connectivity index (χ4n) is 3.86. The maximum absolute atomic E-state index is 13.4. The Morgan fingerprint density at radius 1 is 0.973 bits per heavy atom. The van der Waals surface area contributed by atoms with Crippen molar-refractivity contribution in [2.45, 2.75) is 24.0 Å². The van der Waals surface area contributed by atoms with Crippen molar-refractivity contribution in [2.75, 3.05) is 10.8 Å². The van der Waals surface area contributed by atoms with E-state index >= 15 is 0 Å². The number of carbonyl (C=O) groups is 2. The number of hydrogen-bond acceptors (Lipinski definition) is 4. The average molecular weight is 567 g/mol. The van der Waals surface area contributed by atoms with E-state index in [0.29, 0.717) is 39.1 Å². The van der Waals surface area contributed by atoms with Crippen LogP contribution in [0.25, 0.3) is 10.9 Å². The van der Waals surface area contributed by atoms with Gasteiger partial charge in [0.05, 0.1) is 5.56 Å². The number of nitrogens with zero attached hydrogens (tertiary/aromatic N) is 2. The summed E-state index contributed by atoms with van der Waals surface area (Å²) in [6, 6.07) is 18.7. The van der Waals surface area contributed by atoms with Crippen molar-refractivity contribution in [2.24, 2.45) is 0 Å². The second-order valence-corrected chi connectivity index (χ2v) is 10.1. The average Bonchev–Trinajstić information content (AvgIpc) is 3.18. The Balaban J connectivity index is 1.76. The molecule has 0 saturated carbocycles. The van der Waals surface area contributed by atoms with E-state index in [9.17, 15) is 27.9 Å². The summed E-state index contributed by atoms with van der Waals surface area (Å²) in [5.74, 6) is -3.13. The maximum atomic E-state index is 13.4. The Morgan fingerprint density at radius 3 is 2.27 bits per heavy atom. The molecule has 0 unspecified atom stereocenters. The minimum Gasteiger partial charge on any atom is -0.480 e. The number of fused-ring (bicyclic) bond motifs is 1. The van der Waals surface area contributed by atoms with Crippen LogP contribution in [0.3, 0.4) is 0 Å². The zero-order valence-corrected chi connectivity index (χ0v) is 21.3. The summed E-state index contributed by atoms with van der Waals surface area (Å²) in [5.41, 5.74) is 1.23. The number of anilines is 1. The molecule has 0 atom stereocenters. The highest BCUT2D eigenvalue weighted by atomic mass is 35.5. The first-order valence-corrected chi connectivity index (χ1v) is 12.5. The van der Waals surface area contributed by atoms with Crippen LogP contribution in [-0.2, 0) is 17.8 Å². The lowest BCUT2D eigenvalue weighted by Crippen LogP contribution is -2.23. The normalized spacial score (nSPS) is 11.6. The summed E-state index contributed by atoms with van der Waals surface area (Å²) in [5, 5.41) is 10.2. The zero-order chi connectivity index (χ0) is 26.7. The minimum absolute atomic E-state index is 0.0769. The van der Waals surface area contributed by atoms with Gasteiger partial charge in [0.1, 0.15) is 6.54 Å². The van der Waals surface area contributed by atoms with E-state index < -0.39 is 30.0 Å². The van der Waals surface area contributed by atoms with Crippen molar-refractivity contribution in [3.05, 3.63) is 94.1 Å². The van der Waals surface area contributed by atoms with E-state index in [1.54, 1.807) is 28.8 Å². The number of alkyl halides is 3. The minimum atomic E-state index is -5.07. The lowest BCUT2D eigenvalue weighted by atomic mass is 10.1. The first-order chi connectivity index (χ1) is 17.5. The topological polar surface area (TPSA) is 62.5 Å². The van der Waals surface area contributed by atoms with Gasteiger partial charge in [0.15, 0.2) is 0 Å². The fourth-order valence-corrected chi connectivity index (χ4v) is 5.52. The van der Waals surface area contributed by atoms with Gasteiger partial charge in [-0.25, -0.2) is 0 Å². The zero-order valence-electron chi connectivity index (χ0n) is 19.0. The SMILES string of the molecule is O=C(O)CN(Sc1cc(Cl)cc(Cl)c1)c1ccc2c(c1)c(C(=O)C(F)(F)F)cn2CCc1ccccc1. The molecule has 37 heavy (non-hydrogen) atoms. The quantitative estimate of drug-likeness (QED) is 0.167. The fraction of sp³-hybridized carbons (Fsp3) is 0.154. The van der Waals surface area contributed by atoms with E-state index in [2.05, 4.69) is 0 Å². The van der Waals surface area contributed by atoms with Crippen LogP contribution in [0.5, 0.6) is 0 Å². The summed E-state index contributed by atoms with van der Waals surface area (Å²) in [6.07, 6.45) is -3.32. The van der Waals surface area contributed by atoms with Crippen LogP contribution >= 0.6 is 35.1 Å². The molecule has 11 heteroatoms. The first-order valence-electron chi connectivity index (χ1n) is 10.9. The largest absolute Gasteiger partial charge is 0.480 e. The standard InChI is InChI=1S/C26H19Cl2F3N2O3S/c27-17-10-18(28)12-20(11-17)37-33(15-24(34)35)19-6-7-23-21(13-19)22(25(36)26(29,30)31)14-32(23)9-8-16-4-2-1-3-5-16/h1-7,10-14H,8-9,15H2,(H,34,35). The summed E-state index contributed by atoms with van der Waals surface area (Å²) >= 11 is 13.1. The highest BCUT2D eigenvalue weighted by Gasteiger charge is 2.41. The lowest BCUT2D eigenvalue weighted by molar-refractivity contribution is -0.135. The summed E-state index contributed by atoms with van der Waals surface area (Å²) in [7, 11) is 0. The van der Waals surface area contributed by atoms with Crippen molar-refractivity contribution in [1.82, 2.24) is 4.57 Å². The van der Waals surface area contributed by atoms with Crippen molar-refractivity contribution < 1.29 is 27.9 Å². The van der Waals surface area contributed by atoms with Crippen molar-refractivity contribution in [3.8, 4) is 0 Å². The number of carboxylic acids is 1. The van der Waals surface area contributed by atoms with Gasteiger partial charge in [-0.05, 0) is 60.3 Å². The van der Waals surface area contributed by atoms with Crippen LogP contribution in [-0.4, -0.2) is 34.1 Å². The van der Waals surface area contributed by atoms with Gasteiger partial charge < -0.3 is 14.0 Å². The van der Waals surface area contributed by atoms with Gasteiger partial charge in [0.25, 0.3) is 5.78 Å². The number of carboxylic acid groups (broad SMARTS) is 1. The molecule has 0 aliphatic heterocycles. The molecular formula is C26H19Cl2F3N2O3S. The summed E-state index contributed by atoms with van der Waals surface area (Å²) in [4.78, 5) is 24.4. The molecule has 0 radical (unpaired) electrons. The molecule has 1 N–H and O–H groups in total. The van der Waals surface area contributed by atoms with Gasteiger partial charge in [-0.15, -0.1) is 0 Å². The Labute approximate surface area is 224 Å².